The van der Waals surface area contributed by atoms with Gasteiger partial charge in [-0.3, -0.25) is 4.79 Å². The van der Waals surface area contributed by atoms with Crippen LogP contribution in [0.25, 0.3) is 22.2 Å². The van der Waals surface area contributed by atoms with Crippen LogP contribution in [0.1, 0.15) is 28.4 Å². The molecule has 0 aliphatic heterocycles. The molecule has 0 spiro atoms. The van der Waals surface area contributed by atoms with Gasteiger partial charge < -0.3 is 9.47 Å². The summed E-state index contributed by atoms with van der Waals surface area (Å²) in [6, 6.07) is 32.9. The molecular weight excluding hydrogens is 601 g/mol. The van der Waals surface area contributed by atoms with Crippen molar-refractivity contribution < 1.29 is 14.3 Å². The number of hydrazone groups is 1. The van der Waals surface area contributed by atoms with Gasteiger partial charge in [-0.25, -0.2) is 10.4 Å². The maximum Gasteiger partial charge on any atom is 0.272 e. The van der Waals surface area contributed by atoms with Gasteiger partial charge in [0.05, 0.1) is 29.6 Å². The Morgan fingerprint density at radius 2 is 1.67 bits per heavy atom. The highest BCUT2D eigenvalue weighted by Crippen LogP contribution is 2.29. The SMILES string of the molecule is CCOc1cc(/C=N/NC(=O)c2cc(-c3ccccc3)nc3ccccc23)ccc1OCc1ccc(I)cc1. The molecule has 39 heavy (non-hydrogen) atoms. The number of para-hydroxylation sites is 1. The minimum absolute atomic E-state index is 0.315. The molecule has 0 fully saturated rings. The smallest absolute Gasteiger partial charge is 0.272 e. The van der Waals surface area contributed by atoms with E-state index in [9.17, 15) is 4.79 Å². The third-order valence-corrected chi connectivity index (χ3v) is 6.70. The third kappa shape index (κ3) is 6.61. The van der Waals surface area contributed by atoms with E-state index in [1.807, 2.05) is 104 Å². The number of carbonyl (C=O) groups excluding carboxylic acids is 1. The number of aromatic nitrogens is 1. The zero-order valence-corrected chi connectivity index (χ0v) is 23.5. The molecule has 0 bridgehead atoms. The maximum atomic E-state index is 13.2. The number of halogens is 1. The molecule has 0 atom stereocenters. The molecule has 5 rings (SSSR count). The van der Waals surface area contributed by atoms with E-state index in [4.69, 9.17) is 14.5 Å². The molecule has 1 heterocycles. The van der Waals surface area contributed by atoms with Gasteiger partial charge in [-0.2, -0.15) is 5.10 Å². The largest absolute Gasteiger partial charge is 0.490 e. The summed E-state index contributed by atoms with van der Waals surface area (Å²) in [4.78, 5) is 17.9. The fraction of sp³-hybridized carbons (Fsp3) is 0.0938. The molecule has 0 radical (unpaired) electrons. The fourth-order valence-electron chi connectivity index (χ4n) is 4.08. The number of amides is 1. The van der Waals surface area contributed by atoms with Gasteiger partial charge in [-0.15, -0.1) is 0 Å². The van der Waals surface area contributed by atoms with Crippen molar-refractivity contribution in [3.8, 4) is 22.8 Å². The molecule has 6 nitrogen and oxygen atoms in total. The highest BCUT2D eigenvalue weighted by atomic mass is 127. The van der Waals surface area contributed by atoms with Crippen LogP contribution in [0, 0.1) is 3.57 Å². The minimum Gasteiger partial charge on any atom is -0.490 e. The van der Waals surface area contributed by atoms with Crippen molar-refractivity contribution in [2.75, 3.05) is 6.61 Å². The quantitative estimate of drug-likeness (QED) is 0.106. The predicted molar refractivity (Wildman–Crippen MR) is 163 cm³/mol. The number of fused-ring (bicyclic) bond motifs is 1. The molecule has 4 aromatic carbocycles. The lowest BCUT2D eigenvalue weighted by Gasteiger charge is -2.13. The zero-order valence-electron chi connectivity index (χ0n) is 21.3. The summed E-state index contributed by atoms with van der Waals surface area (Å²) < 4.78 is 13.0. The summed E-state index contributed by atoms with van der Waals surface area (Å²) in [6.45, 7) is 2.86. The van der Waals surface area contributed by atoms with Crippen molar-refractivity contribution in [3.05, 3.63) is 123 Å². The number of nitrogens with one attached hydrogen (secondary N) is 1. The Hall–Kier alpha value is -4.24. The summed E-state index contributed by atoms with van der Waals surface area (Å²) >= 11 is 2.28. The molecule has 1 aromatic heterocycles. The highest BCUT2D eigenvalue weighted by molar-refractivity contribution is 14.1. The topological polar surface area (TPSA) is 72.8 Å². The van der Waals surface area contributed by atoms with Crippen LogP contribution in [0.4, 0.5) is 0 Å². The van der Waals surface area contributed by atoms with Crippen molar-refractivity contribution in [1.82, 2.24) is 10.4 Å². The Balaban J connectivity index is 1.32. The minimum atomic E-state index is -0.315. The summed E-state index contributed by atoms with van der Waals surface area (Å²) in [7, 11) is 0. The Kier molecular flexibility index (Phi) is 8.48. The second-order valence-corrected chi connectivity index (χ2v) is 9.94. The molecule has 5 aromatic rings. The van der Waals surface area contributed by atoms with Gasteiger partial charge in [-0.1, -0.05) is 60.7 Å². The van der Waals surface area contributed by atoms with Crippen LogP contribution >= 0.6 is 22.6 Å². The number of pyridine rings is 1. The normalized spacial score (nSPS) is 11.0. The second-order valence-electron chi connectivity index (χ2n) is 8.69. The van der Waals surface area contributed by atoms with Crippen molar-refractivity contribution in [2.24, 2.45) is 5.10 Å². The van der Waals surface area contributed by atoms with Crippen LogP contribution in [0.3, 0.4) is 0 Å². The lowest BCUT2D eigenvalue weighted by atomic mass is 10.0. The Morgan fingerprint density at radius 1 is 0.897 bits per heavy atom. The molecular formula is C32H26IN3O3. The van der Waals surface area contributed by atoms with E-state index in [2.05, 4.69) is 33.1 Å². The Bertz CT molecular complexity index is 1620. The summed E-state index contributed by atoms with van der Waals surface area (Å²) in [5.41, 5.74) is 7.43. The number of hydrogen-bond donors (Lipinski definition) is 1. The molecule has 0 saturated carbocycles. The molecule has 0 aliphatic carbocycles. The lowest BCUT2D eigenvalue weighted by Crippen LogP contribution is -2.18. The highest BCUT2D eigenvalue weighted by Gasteiger charge is 2.14. The van der Waals surface area contributed by atoms with E-state index < -0.39 is 0 Å². The standard InChI is InChI=1S/C32H26IN3O3/c1-2-38-31-18-23(14-17-30(31)39-21-22-12-15-25(33)16-13-22)20-34-36-32(37)27-19-29(24-8-4-3-5-9-24)35-28-11-7-6-10-26(27)28/h3-20H,2,21H2,1H3,(H,36,37)/b34-20+. The first-order valence-electron chi connectivity index (χ1n) is 12.5. The molecule has 0 unspecified atom stereocenters. The molecule has 7 heteroatoms. The van der Waals surface area contributed by atoms with Gasteiger partial charge in [-0.05, 0) is 83.1 Å². The van der Waals surface area contributed by atoms with Crippen LogP contribution in [-0.4, -0.2) is 23.7 Å². The van der Waals surface area contributed by atoms with Crippen molar-refractivity contribution in [1.29, 1.82) is 0 Å². The molecule has 0 saturated heterocycles. The number of ether oxygens (including phenoxy) is 2. The molecule has 1 N–H and O–H groups in total. The zero-order chi connectivity index (χ0) is 27.0. The van der Waals surface area contributed by atoms with Crippen molar-refractivity contribution in [3.63, 3.8) is 0 Å². The number of hydrogen-bond acceptors (Lipinski definition) is 5. The first-order valence-corrected chi connectivity index (χ1v) is 13.6. The Labute approximate surface area is 240 Å². The first-order chi connectivity index (χ1) is 19.1. The summed E-state index contributed by atoms with van der Waals surface area (Å²) in [6.07, 6.45) is 1.59. The van der Waals surface area contributed by atoms with Gasteiger partial charge in [0.1, 0.15) is 6.61 Å². The van der Waals surface area contributed by atoms with Crippen LogP contribution in [0.15, 0.2) is 108 Å². The monoisotopic (exact) mass is 627 g/mol. The fourth-order valence-corrected chi connectivity index (χ4v) is 4.44. The number of carbonyl (C=O) groups is 1. The van der Waals surface area contributed by atoms with E-state index in [1.54, 1.807) is 12.3 Å². The van der Waals surface area contributed by atoms with Crippen LogP contribution in [0.5, 0.6) is 11.5 Å². The van der Waals surface area contributed by atoms with E-state index in [-0.39, 0.29) is 5.91 Å². The third-order valence-electron chi connectivity index (χ3n) is 5.99. The van der Waals surface area contributed by atoms with Crippen LogP contribution < -0.4 is 14.9 Å². The van der Waals surface area contributed by atoms with Gasteiger partial charge >= 0.3 is 0 Å². The number of rotatable bonds is 9. The van der Waals surface area contributed by atoms with E-state index >= 15 is 0 Å². The Morgan fingerprint density at radius 3 is 2.46 bits per heavy atom. The van der Waals surface area contributed by atoms with E-state index in [0.29, 0.717) is 30.3 Å². The van der Waals surface area contributed by atoms with E-state index in [0.717, 1.165) is 33.3 Å². The van der Waals surface area contributed by atoms with Gasteiger partial charge in [0.25, 0.3) is 5.91 Å². The van der Waals surface area contributed by atoms with E-state index in [1.165, 1.54) is 3.57 Å². The molecule has 0 aliphatic rings. The number of benzene rings is 4. The first kappa shape index (κ1) is 26.4. The summed E-state index contributed by atoms with van der Waals surface area (Å²) in [5.74, 6) is 0.948. The molecule has 1 amide bonds. The maximum absolute atomic E-state index is 13.2. The van der Waals surface area contributed by atoms with Crippen LogP contribution in [0.2, 0.25) is 0 Å². The van der Waals surface area contributed by atoms with Crippen molar-refractivity contribution >= 4 is 45.6 Å². The molecule has 194 valence electrons. The van der Waals surface area contributed by atoms with Gasteiger partial charge in [0, 0.05) is 14.5 Å². The summed E-state index contributed by atoms with van der Waals surface area (Å²) in [5, 5.41) is 4.98. The average molecular weight is 627 g/mol. The second kappa shape index (κ2) is 12.5. The van der Waals surface area contributed by atoms with Gasteiger partial charge in [0.2, 0.25) is 0 Å². The lowest BCUT2D eigenvalue weighted by molar-refractivity contribution is 0.0956. The van der Waals surface area contributed by atoms with Crippen molar-refractivity contribution in [2.45, 2.75) is 13.5 Å². The van der Waals surface area contributed by atoms with Crippen LogP contribution in [-0.2, 0) is 6.61 Å². The average Bonchev–Trinajstić information content (AvgIpc) is 2.97. The van der Waals surface area contributed by atoms with Gasteiger partial charge in [0.15, 0.2) is 11.5 Å². The number of nitrogens with zero attached hydrogens (tertiary/aromatic N) is 2. The predicted octanol–water partition coefficient (Wildman–Crippen LogP) is 7.25.